The number of carbonyl (C=O) groups excluding carboxylic acids is 2. The van der Waals surface area contributed by atoms with Crippen LogP contribution in [0.1, 0.15) is 162 Å². The molecule has 0 spiro atoms. The van der Waals surface area contributed by atoms with Crippen molar-refractivity contribution in [3.05, 3.63) is 72.9 Å². The summed E-state index contributed by atoms with van der Waals surface area (Å²) in [4.78, 5) is 37.5. The number of rotatable bonds is 39. The van der Waals surface area contributed by atoms with Gasteiger partial charge in [-0.25, -0.2) is 0 Å². The first-order chi connectivity index (χ1) is 27.5. The van der Waals surface area contributed by atoms with E-state index in [-0.39, 0.29) is 26.1 Å². The Bertz CT molecular complexity index is 1200. The second-order valence-electron chi connectivity index (χ2n) is 15.7. The molecule has 57 heavy (non-hydrogen) atoms. The van der Waals surface area contributed by atoms with Gasteiger partial charge in [0.25, 0.3) is 7.82 Å². The maximum atomic E-state index is 12.7. The topological polar surface area (TPSA) is 111 Å². The van der Waals surface area contributed by atoms with Crippen molar-refractivity contribution in [3.8, 4) is 0 Å². The lowest BCUT2D eigenvalue weighted by molar-refractivity contribution is -0.870. The van der Waals surface area contributed by atoms with Crippen molar-refractivity contribution >= 4 is 19.8 Å². The van der Waals surface area contributed by atoms with Crippen LogP contribution in [0.25, 0.3) is 0 Å². The van der Waals surface area contributed by atoms with Crippen LogP contribution in [0.15, 0.2) is 72.9 Å². The summed E-state index contributed by atoms with van der Waals surface area (Å²) in [6, 6.07) is 0. The van der Waals surface area contributed by atoms with Crippen molar-refractivity contribution < 1.29 is 42.1 Å². The van der Waals surface area contributed by atoms with Gasteiger partial charge in [0, 0.05) is 12.8 Å². The predicted octanol–water partition coefficient (Wildman–Crippen LogP) is 12.0. The largest absolute Gasteiger partial charge is 0.756 e. The van der Waals surface area contributed by atoms with Gasteiger partial charge in [0.05, 0.1) is 27.7 Å². The number of hydrogen-bond acceptors (Lipinski definition) is 8. The molecule has 0 amide bonds. The molecule has 0 bridgehead atoms. The molecule has 2 atom stereocenters. The Balaban J connectivity index is 4.48. The molecule has 0 aromatic heterocycles. The van der Waals surface area contributed by atoms with Crippen LogP contribution in [-0.4, -0.2) is 70.0 Å². The van der Waals surface area contributed by atoms with E-state index in [1.165, 1.54) is 51.4 Å². The first-order valence-corrected chi connectivity index (χ1v) is 23.6. The first-order valence-electron chi connectivity index (χ1n) is 22.1. The Morgan fingerprint density at radius 3 is 1.56 bits per heavy atom. The number of nitrogens with zero attached hydrogens (tertiary/aromatic N) is 1. The van der Waals surface area contributed by atoms with Gasteiger partial charge in [-0.2, -0.15) is 0 Å². The number of ether oxygens (including phenoxy) is 2. The SMILES string of the molecule is CC/C=C\C/C=C\C/C=C\C/C=C\C/C=C\CCCC(=O)OC[C@H](COP(=O)([O-])OCC[N+](C)(C)C)OC(=O)CCCCCCC/C=C\CCCCCCCCC. The number of unbranched alkanes of at least 4 members (excludes halogenated alkanes) is 13. The van der Waals surface area contributed by atoms with Gasteiger partial charge in [0.2, 0.25) is 0 Å². The lowest BCUT2D eigenvalue weighted by Crippen LogP contribution is -2.37. The van der Waals surface area contributed by atoms with Crippen LogP contribution in [0, 0.1) is 0 Å². The molecule has 0 aliphatic rings. The van der Waals surface area contributed by atoms with Gasteiger partial charge in [-0.1, -0.05) is 145 Å². The summed E-state index contributed by atoms with van der Waals surface area (Å²) < 4.78 is 33.8. The zero-order valence-corrected chi connectivity index (χ0v) is 37.7. The van der Waals surface area contributed by atoms with Crippen LogP contribution in [0.4, 0.5) is 0 Å². The number of esters is 2. The second-order valence-corrected chi connectivity index (χ2v) is 17.1. The van der Waals surface area contributed by atoms with Gasteiger partial charge in [-0.05, 0) is 77.0 Å². The summed E-state index contributed by atoms with van der Waals surface area (Å²) in [5, 5.41) is 0. The normalized spacial score (nSPS) is 14.3. The minimum absolute atomic E-state index is 0.0445. The Morgan fingerprint density at radius 1 is 0.561 bits per heavy atom. The zero-order chi connectivity index (χ0) is 42.1. The zero-order valence-electron chi connectivity index (χ0n) is 36.8. The first kappa shape index (κ1) is 54.5. The molecule has 9 nitrogen and oxygen atoms in total. The number of phosphoric acid groups is 1. The van der Waals surface area contributed by atoms with E-state index < -0.39 is 32.5 Å². The summed E-state index contributed by atoms with van der Waals surface area (Å²) >= 11 is 0. The second kappa shape index (κ2) is 38.9. The Labute approximate surface area is 348 Å². The lowest BCUT2D eigenvalue weighted by Gasteiger charge is -2.28. The molecule has 0 aliphatic heterocycles. The van der Waals surface area contributed by atoms with Crippen LogP contribution in [-0.2, 0) is 32.7 Å². The average Bonchev–Trinajstić information content (AvgIpc) is 3.16. The number of likely N-dealkylation sites (N-methyl/N-ethyl adjacent to an activating group) is 1. The van der Waals surface area contributed by atoms with Crippen LogP contribution < -0.4 is 4.89 Å². The highest BCUT2D eigenvalue weighted by Gasteiger charge is 2.21. The molecule has 0 saturated carbocycles. The molecule has 0 rings (SSSR count). The maximum Gasteiger partial charge on any atom is 0.306 e. The molecule has 328 valence electrons. The Morgan fingerprint density at radius 2 is 1.02 bits per heavy atom. The Kier molecular flexibility index (Phi) is 37.2. The highest BCUT2D eigenvalue weighted by Crippen LogP contribution is 2.38. The lowest BCUT2D eigenvalue weighted by atomic mass is 10.1. The van der Waals surface area contributed by atoms with E-state index in [0.717, 1.165) is 70.6 Å². The molecule has 1 unspecified atom stereocenters. The minimum Gasteiger partial charge on any atom is -0.756 e. The summed E-state index contributed by atoms with van der Waals surface area (Å²) in [5.74, 6) is -0.918. The van der Waals surface area contributed by atoms with Gasteiger partial charge < -0.3 is 27.9 Å². The third kappa shape index (κ3) is 42.9. The molecule has 0 heterocycles. The third-order valence-electron chi connectivity index (χ3n) is 8.96. The van der Waals surface area contributed by atoms with Crippen molar-refractivity contribution in [1.82, 2.24) is 0 Å². The van der Waals surface area contributed by atoms with Gasteiger partial charge in [-0.3, -0.25) is 14.2 Å². The number of carbonyl (C=O) groups is 2. The van der Waals surface area contributed by atoms with Crippen molar-refractivity contribution in [3.63, 3.8) is 0 Å². The van der Waals surface area contributed by atoms with E-state index in [1.54, 1.807) is 0 Å². The Hall–Kier alpha value is -2.55. The summed E-state index contributed by atoms with van der Waals surface area (Å²) in [6.07, 6.45) is 47.9. The highest BCUT2D eigenvalue weighted by molar-refractivity contribution is 7.45. The number of allylic oxidation sites excluding steroid dienone is 12. The van der Waals surface area contributed by atoms with Crippen molar-refractivity contribution in [2.45, 2.75) is 168 Å². The van der Waals surface area contributed by atoms with E-state index in [9.17, 15) is 19.0 Å². The van der Waals surface area contributed by atoms with E-state index in [2.05, 4.69) is 80.7 Å². The fraction of sp³-hybridized carbons (Fsp3) is 0.702. The number of phosphoric ester groups is 1. The van der Waals surface area contributed by atoms with Crippen LogP contribution in [0.5, 0.6) is 0 Å². The minimum atomic E-state index is -4.64. The van der Waals surface area contributed by atoms with Gasteiger partial charge in [-0.15, -0.1) is 0 Å². The van der Waals surface area contributed by atoms with E-state index in [0.29, 0.717) is 23.9 Å². The predicted molar refractivity (Wildman–Crippen MR) is 236 cm³/mol. The quantitative estimate of drug-likeness (QED) is 0.0198. The molecule has 0 aromatic rings. The van der Waals surface area contributed by atoms with Crippen LogP contribution in [0.3, 0.4) is 0 Å². The molecule has 0 radical (unpaired) electrons. The average molecular weight is 820 g/mol. The standard InChI is InChI=1S/C47H82NO8P/c1-6-8-10-12-14-16-18-20-22-24-26-27-29-31-33-35-37-39-46(49)53-43-45(44-55-57(51,52)54-42-41-48(3,4)5)56-47(50)40-38-36-34-32-30-28-25-23-21-19-17-15-13-11-9-7-2/h8,10,14,16,20,22-23,25-27,31,33,45H,6-7,9,11-13,15,17-19,21,24,28-30,32,34-44H2,1-5H3/b10-8-,16-14-,22-20-,25-23-,27-26-,33-31-/t45-/m1/s1. The van der Waals surface area contributed by atoms with Gasteiger partial charge in [0.15, 0.2) is 6.10 Å². The van der Waals surface area contributed by atoms with Crippen molar-refractivity contribution in [1.29, 1.82) is 0 Å². The molecule has 0 saturated heterocycles. The number of hydrogen-bond donors (Lipinski definition) is 0. The smallest absolute Gasteiger partial charge is 0.306 e. The monoisotopic (exact) mass is 820 g/mol. The summed E-state index contributed by atoms with van der Waals surface area (Å²) in [6.45, 7) is 4.02. The van der Waals surface area contributed by atoms with Crippen LogP contribution >= 0.6 is 7.82 Å². The van der Waals surface area contributed by atoms with E-state index >= 15 is 0 Å². The van der Waals surface area contributed by atoms with E-state index in [1.807, 2.05) is 27.2 Å². The molecular weight excluding hydrogens is 737 g/mol. The van der Waals surface area contributed by atoms with Gasteiger partial charge >= 0.3 is 11.9 Å². The fourth-order valence-corrected chi connectivity index (χ4v) is 6.24. The molecule has 0 aromatic carbocycles. The molecule has 10 heteroatoms. The number of quaternary nitrogens is 1. The molecule has 0 fully saturated rings. The molecule has 0 aliphatic carbocycles. The van der Waals surface area contributed by atoms with Crippen molar-refractivity contribution in [2.24, 2.45) is 0 Å². The van der Waals surface area contributed by atoms with E-state index in [4.69, 9.17) is 18.5 Å². The molecular formula is C47H82NO8P. The van der Waals surface area contributed by atoms with Crippen molar-refractivity contribution in [2.75, 3.05) is 47.5 Å². The van der Waals surface area contributed by atoms with Crippen LogP contribution in [0.2, 0.25) is 0 Å². The van der Waals surface area contributed by atoms with Gasteiger partial charge in [0.1, 0.15) is 19.8 Å². The third-order valence-corrected chi connectivity index (χ3v) is 9.92. The highest BCUT2D eigenvalue weighted by atomic mass is 31.2. The fourth-order valence-electron chi connectivity index (χ4n) is 5.51. The molecule has 0 N–H and O–H groups in total. The summed E-state index contributed by atoms with van der Waals surface area (Å²) in [5.41, 5.74) is 0. The maximum absolute atomic E-state index is 12.7. The summed E-state index contributed by atoms with van der Waals surface area (Å²) in [7, 11) is 1.12.